The number of nitrogens with one attached hydrogen (secondary N) is 1. The van der Waals surface area contributed by atoms with Gasteiger partial charge in [0.2, 0.25) is 5.91 Å². The van der Waals surface area contributed by atoms with Crippen LogP contribution in [0, 0.1) is 0 Å². The summed E-state index contributed by atoms with van der Waals surface area (Å²) in [4.78, 5) is 18.4. The monoisotopic (exact) mass is 341 g/mol. The molecule has 1 N–H and O–H groups in total. The van der Waals surface area contributed by atoms with E-state index in [0.29, 0.717) is 6.10 Å². The van der Waals surface area contributed by atoms with E-state index in [1.165, 1.54) is 19.8 Å². The summed E-state index contributed by atoms with van der Waals surface area (Å²) in [6.45, 7) is 7.38. The lowest BCUT2D eigenvalue weighted by Crippen LogP contribution is -2.35. The van der Waals surface area contributed by atoms with E-state index >= 15 is 0 Å². The fraction of sp³-hybridized carbons (Fsp3) is 0.500. The van der Waals surface area contributed by atoms with Gasteiger partial charge in [-0.15, -0.1) is 0 Å². The van der Waals surface area contributed by atoms with Gasteiger partial charge in [0.1, 0.15) is 0 Å². The molecule has 1 aromatic carbocycles. The Labute approximate surface area is 149 Å². The summed E-state index contributed by atoms with van der Waals surface area (Å²) in [5.74, 6) is -0.0625. The van der Waals surface area contributed by atoms with Gasteiger partial charge in [0.25, 0.3) is 0 Å². The molecule has 0 bridgehead atoms. The summed E-state index contributed by atoms with van der Waals surface area (Å²) in [6.07, 6.45) is 3.98. The first-order chi connectivity index (χ1) is 12.1. The lowest BCUT2D eigenvalue weighted by atomic mass is 10.1. The Morgan fingerprint density at radius 1 is 1.32 bits per heavy atom. The predicted molar refractivity (Wildman–Crippen MR) is 101 cm³/mol. The third-order valence-electron chi connectivity index (χ3n) is 4.64. The minimum absolute atomic E-state index is 0.0625. The van der Waals surface area contributed by atoms with Crippen LogP contribution in [0.15, 0.2) is 30.3 Å². The van der Waals surface area contributed by atoms with Crippen LogP contribution in [-0.2, 0) is 16.1 Å². The molecular formula is C20H27N3O2. The first-order valence-electron chi connectivity index (χ1n) is 9.15. The third-order valence-corrected chi connectivity index (χ3v) is 4.64. The van der Waals surface area contributed by atoms with E-state index in [1.807, 2.05) is 18.2 Å². The van der Waals surface area contributed by atoms with Crippen molar-refractivity contribution in [2.24, 2.45) is 0 Å². The molecule has 25 heavy (non-hydrogen) atoms. The number of hydrogen-bond acceptors (Lipinski definition) is 4. The van der Waals surface area contributed by atoms with Crippen LogP contribution in [0.4, 0.5) is 5.69 Å². The zero-order valence-corrected chi connectivity index (χ0v) is 15.1. The Morgan fingerprint density at radius 3 is 2.92 bits per heavy atom. The first kappa shape index (κ1) is 17.8. The van der Waals surface area contributed by atoms with Crippen LogP contribution in [0.3, 0.4) is 0 Å². The zero-order valence-electron chi connectivity index (χ0n) is 15.1. The second-order valence-electron chi connectivity index (χ2n) is 6.71. The molecule has 1 aliphatic rings. The standard InChI is InChI=1S/C20H27N3O2/c1-3-23(14-19-6-4-5-11-25-19)13-18-8-7-16-12-17(21-15(2)24)9-10-20(16)22-18/h7-10,12,19H,3-6,11,13-14H2,1-2H3,(H,21,24). The Hall–Kier alpha value is -1.98. The van der Waals surface area contributed by atoms with E-state index in [4.69, 9.17) is 9.72 Å². The van der Waals surface area contributed by atoms with Crippen LogP contribution < -0.4 is 5.32 Å². The molecule has 0 radical (unpaired) electrons. The molecule has 134 valence electrons. The second-order valence-corrected chi connectivity index (χ2v) is 6.71. The van der Waals surface area contributed by atoms with Crippen molar-refractivity contribution < 1.29 is 9.53 Å². The smallest absolute Gasteiger partial charge is 0.221 e. The van der Waals surface area contributed by atoms with Gasteiger partial charge in [0.05, 0.1) is 17.3 Å². The van der Waals surface area contributed by atoms with Gasteiger partial charge < -0.3 is 10.1 Å². The minimum atomic E-state index is -0.0625. The number of carbonyl (C=O) groups excluding carboxylic acids is 1. The average molecular weight is 341 g/mol. The molecule has 5 heteroatoms. The predicted octanol–water partition coefficient (Wildman–Crippen LogP) is 3.58. The number of aromatic nitrogens is 1. The number of rotatable bonds is 6. The zero-order chi connectivity index (χ0) is 17.6. The van der Waals surface area contributed by atoms with E-state index in [0.717, 1.165) is 54.9 Å². The van der Waals surface area contributed by atoms with Crippen LogP contribution in [0.25, 0.3) is 10.9 Å². The quantitative estimate of drug-likeness (QED) is 0.872. The lowest BCUT2D eigenvalue weighted by Gasteiger charge is -2.29. The van der Waals surface area contributed by atoms with E-state index < -0.39 is 0 Å². The van der Waals surface area contributed by atoms with Gasteiger partial charge in [-0.1, -0.05) is 13.0 Å². The number of benzene rings is 1. The lowest BCUT2D eigenvalue weighted by molar-refractivity contribution is -0.114. The molecule has 1 fully saturated rings. The number of amides is 1. The van der Waals surface area contributed by atoms with Crippen LogP contribution in [-0.4, -0.2) is 41.6 Å². The van der Waals surface area contributed by atoms with E-state index in [1.54, 1.807) is 0 Å². The highest BCUT2D eigenvalue weighted by molar-refractivity contribution is 5.92. The van der Waals surface area contributed by atoms with Crippen molar-refractivity contribution >= 4 is 22.5 Å². The maximum Gasteiger partial charge on any atom is 0.221 e. The number of likely N-dealkylation sites (N-methyl/N-ethyl adjacent to an activating group) is 1. The highest BCUT2D eigenvalue weighted by Crippen LogP contribution is 2.20. The van der Waals surface area contributed by atoms with Gasteiger partial charge in [-0.25, -0.2) is 0 Å². The molecule has 3 rings (SSSR count). The molecule has 0 saturated carbocycles. The topological polar surface area (TPSA) is 54.5 Å². The molecule has 0 aliphatic carbocycles. The molecule has 2 heterocycles. The Bertz CT molecular complexity index is 726. The number of hydrogen-bond donors (Lipinski definition) is 1. The maximum absolute atomic E-state index is 11.2. The largest absolute Gasteiger partial charge is 0.377 e. The van der Waals surface area contributed by atoms with Gasteiger partial charge >= 0.3 is 0 Å². The van der Waals surface area contributed by atoms with Crippen molar-refractivity contribution in [3.05, 3.63) is 36.0 Å². The van der Waals surface area contributed by atoms with Crippen molar-refractivity contribution in [3.63, 3.8) is 0 Å². The fourth-order valence-corrected chi connectivity index (χ4v) is 3.31. The molecule has 1 atom stereocenters. The fourth-order valence-electron chi connectivity index (χ4n) is 3.31. The van der Waals surface area contributed by atoms with Crippen molar-refractivity contribution in [1.82, 2.24) is 9.88 Å². The normalized spacial score (nSPS) is 17.8. The van der Waals surface area contributed by atoms with Gasteiger partial charge in [-0.05, 0) is 50.1 Å². The first-order valence-corrected chi connectivity index (χ1v) is 9.15. The maximum atomic E-state index is 11.2. The Kier molecular flexibility index (Phi) is 6.00. The van der Waals surface area contributed by atoms with E-state index in [2.05, 4.69) is 29.3 Å². The SMILES string of the molecule is CCN(Cc1ccc2cc(NC(C)=O)ccc2n1)CC1CCCCO1. The summed E-state index contributed by atoms with van der Waals surface area (Å²) in [5, 5.41) is 3.85. The van der Waals surface area contributed by atoms with Gasteiger partial charge in [-0.3, -0.25) is 14.7 Å². The van der Waals surface area contributed by atoms with Gasteiger partial charge in [0.15, 0.2) is 0 Å². The van der Waals surface area contributed by atoms with E-state index in [-0.39, 0.29) is 5.91 Å². The molecule has 1 amide bonds. The molecule has 1 saturated heterocycles. The highest BCUT2D eigenvalue weighted by atomic mass is 16.5. The van der Waals surface area contributed by atoms with Crippen LogP contribution in [0.2, 0.25) is 0 Å². The summed E-state index contributed by atoms with van der Waals surface area (Å²) < 4.78 is 5.87. The summed E-state index contributed by atoms with van der Waals surface area (Å²) >= 11 is 0. The summed E-state index contributed by atoms with van der Waals surface area (Å²) in [6, 6.07) is 9.97. The van der Waals surface area contributed by atoms with Crippen molar-refractivity contribution in [2.75, 3.05) is 25.0 Å². The van der Waals surface area contributed by atoms with Gasteiger partial charge in [0, 0.05) is 37.7 Å². The number of anilines is 1. The van der Waals surface area contributed by atoms with Crippen molar-refractivity contribution in [3.8, 4) is 0 Å². The average Bonchev–Trinajstić information content (AvgIpc) is 2.61. The molecule has 1 aromatic heterocycles. The van der Waals surface area contributed by atoms with Crippen LogP contribution in [0.5, 0.6) is 0 Å². The number of fused-ring (bicyclic) bond motifs is 1. The molecule has 2 aromatic rings. The molecule has 1 unspecified atom stereocenters. The van der Waals surface area contributed by atoms with Crippen LogP contribution in [0.1, 0.15) is 38.8 Å². The summed E-state index contributed by atoms with van der Waals surface area (Å²) in [7, 11) is 0. The van der Waals surface area contributed by atoms with Gasteiger partial charge in [-0.2, -0.15) is 0 Å². The molecular weight excluding hydrogens is 314 g/mol. The Balaban J connectivity index is 1.68. The molecule has 5 nitrogen and oxygen atoms in total. The Morgan fingerprint density at radius 2 is 2.20 bits per heavy atom. The van der Waals surface area contributed by atoms with Crippen molar-refractivity contribution in [1.29, 1.82) is 0 Å². The highest BCUT2D eigenvalue weighted by Gasteiger charge is 2.17. The van der Waals surface area contributed by atoms with E-state index in [9.17, 15) is 4.79 Å². The number of carbonyl (C=O) groups is 1. The van der Waals surface area contributed by atoms with Crippen LogP contribution >= 0.6 is 0 Å². The minimum Gasteiger partial charge on any atom is -0.377 e. The summed E-state index contributed by atoms with van der Waals surface area (Å²) in [5.41, 5.74) is 2.83. The third kappa shape index (κ3) is 5.00. The molecule has 1 aliphatic heterocycles. The number of pyridine rings is 1. The number of nitrogens with zero attached hydrogens (tertiary/aromatic N) is 2. The van der Waals surface area contributed by atoms with Crippen molar-refractivity contribution in [2.45, 2.75) is 45.8 Å². The molecule has 0 spiro atoms. The number of ether oxygens (including phenoxy) is 1. The second kappa shape index (κ2) is 8.41.